The summed E-state index contributed by atoms with van der Waals surface area (Å²) in [6.07, 6.45) is 4.07. The van der Waals surface area contributed by atoms with E-state index in [1.165, 1.54) is 0 Å². The van der Waals surface area contributed by atoms with Crippen molar-refractivity contribution in [2.45, 2.75) is 45.2 Å². The molecule has 25 heavy (non-hydrogen) atoms. The summed E-state index contributed by atoms with van der Waals surface area (Å²) >= 11 is 6.03. The van der Waals surface area contributed by atoms with Crippen LogP contribution >= 0.6 is 11.6 Å². The normalized spacial score (nSPS) is 12.0. The van der Waals surface area contributed by atoms with E-state index < -0.39 is 5.38 Å². The molecule has 0 spiro atoms. The van der Waals surface area contributed by atoms with Gasteiger partial charge in [0, 0.05) is 25.0 Å². The van der Waals surface area contributed by atoms with E-state index in [-0.39, 0.29) is 5.91 Å². The van der Waals surface area contributed by atoms with Gasteiger partial charge in [-0.25, -0.2) is 0 Å². The monoisotopic (exact) mass is 362 g/mol. The molecule has 1 heterocycles. The lowest BCUT2D eigenvalue weighted by atomic mass is 10.2. The van der Waals surface area contributed by atoms with Crippen molar-refractivity contribution in [1.29, 1.82) is 0 Å². The number of carbonyl (C=O) groups is 1. The van der Waals surface area contributed by atoms with Crippen molar-refractivity contribution in [3.05, 3.63) is 53.9 Å². The maximum atomic E-state index is 12.4. The number of hydrogen-bond acceptors (Lipinski definition) is 2. The van der Waals surface area contributed by atoms with Crippen molar-refractivity contribution >= 4 is 17.5 Å². The third kappa shape index (κ3) is 5.53. The molecule has 0 aliphatic heterocycles. The lowest BCUT2D eigenvalue weighted by Crippen LogP contribution is -2.36. The van der Waals surface area contributed by atoms with E-state index in [0.29, 0.717) is 6.54 Å². The van der Waals surface area contributed by atoms with Gasteiger partial charge in [0.1, 0.15) is 11.1 Å². The highest BCUT2D eigenvalue weighted by molar-refractivity contribution is 6.30. The maximum Gasteiger partial charge on any atom is 0.240 e. The smallest absolute Gasteiger partial charge is 0.240 e. The first-order valence-corrected chi connectivity index (χ1v) is 9.18. The zero-order valence-corrected chi connectivity index (χ0v) is 16.0. The fourth-order valence-electron chi connectivity index (χ4n) is 2.78. The third-order valence-corrected chi connectivity index (χ3v) is 4.38. The van der Waals surface area contributed by atoms with Gasteiger partial charge in [-0.3, -0.25) is 4.79 Å². The summed E-state index contributed by atoms with van der Waals surface area (Å²) in [6.45, 7) is 5.91. The summed E-state index contributed by atoms with van der Waals surface area (Å²) in [6, 6.07) is 12.1. The second-order valence-electron chi connectivity index (χ2n) is 6.21. The van der Waals surface area contributed by atoms with Crippen LogP contribution in [0, 0.1) is 0 Å². The highest BCUT2D eigenvalue weighted by Gasteiger charge is 2.19. The number of amides is 1. The molecule has 5 heteroatoms. The van der Waals surface area contributed by atoms with Crippen LogP contribution in [0.15, 0.2) is 42.6 Å². The van der Waals surface area contributed by atoms with Gasteiger partial charge in [-0.15, -0.1) is 11.6 Å². The van der Waals surface area contributed by atoms with Crippen molar-refractivity contribution in [1.82, 2.24) is 9.47 Å². The molecule has 0 N–H and O–H groups in total. The lowest BCUT2D eigenvalue weighted by molar-refractivity contribution is -0.131. The first-order chi connectivity index (χ1) is 12.0. The molecule has 1 aromatic heterocycles. The number of methoxy groups -OCH3 is 1. The molecule has 1 aromatic carbocycles. The van der Waals surface area contributed by atoms with E-state index in [9.17, 15) is 4.79 Å². The number of aromatic nitrogens is 1. The fourth-order valence-corrected chi connectivity index (χ4v) is 2.92. The number of benzene rings is 1. The Bertz CT molecular complexity index is 682. The largest absolute Gasteiger partial charge is 0.497 e. The minimum absolute atomic E-state index is 0.00996. The molecule has 0 aliphatic carbocycles. The predicted octanol–water partition coefficient (Wildman–Crippen LogP) is 4.30. The van der Waals surface area contributed by atoms with E-state index in [0.717, 1.165) is 42.9 Å². The molecule has 1 amide bonds. The zero-order valence-electron chi connectivity index (χ0n) is 15.2. The van der Waals surface area contributed by atoms with Crippen LogP contribution in [0.1, 0.15) is 37.9 Å². The average Bonchev–Trinajstić information content (AvgIpc) is 3.04. The van der Waals surface area contributed by atoms with Crippen LogP contribution in [0.2, 0.25) is 0 Å². The third-order valence-electron chi connectivity index (χ3n) is 4.20. The minimum atomic E-state index is -0.501. The summed E-state index contributed by atoms with van der Waals surface area (Å²) in [5.41, 5.74) is 2.26. The van der Waals surface area contributed by atoms with Crippen molar-refractivity contribution < 1.29 is 9.53 Å². The molecule has 0 bridgehead atoms. The molecule has 1 atom stereocenters. The number of halogens is 1. The summed E-state index contributed by atoms with van der Waals surface area (Å²) in [5, 5.41) is -0.501. The molecule has 4 nitrogen and oxygen atoms in total. The van der Waals surface area contributed by atoms with Gasteiger partial charge in [0.15, 0.2) is 0 Å². The average molecular weight is 363 g/mol. The minimum Gasteiger partial charge on any atom is -0.497 e. The number of unbranched alkanes of at least 4 members (excludes halogenated alkanes) is 1. The van der Waals surface area contributed by atoms with Crippen molar-refractivity contribution in [2.24, 2.45) is 0 Å². The molecule has 1 unspecified atom stereocenters. The Balaban J connectivity index is 2.14. The second-order valence-corrected chi connectivity index (χ2v) is 6.86. The van der Waals surface area contributed by atoms with E-state index >= 15 is 0 Å². The van der Waals surface area contributed by atoms with Crippen LogP contribution in [-0.4, -0.2) is 34.4 Å². The van der Waals surface area contributed by atoms with Crippen LogP contribution < -0.4 is 4.74 Å². The van der Waals surface area contributed by atoms with Gasteiger partial charge in [-0.1, -0.05) is 25.5 Å². The quantitative estimate of drug-likeness (QED) is 0.623. The molecule has 136 valence electrons. The van der Waals surface area contributed by atoms with Gasteiger partial charge in [0.25, 0.3) is 0 Å². The van der Waals surface area contributed by atoms with Crippen LogP contribution in [0.25, 0.3) is 0 Å². The number of nitrogens with zero attached hydrogens (tertiary/aromatic N) is 2. The highest BCUT2D eigenvalue weighted by atomic mass is 35.5. The van der Waals surface area contributed by atoms with Crippen molar-refractivity contribution in [3.8, 4) is 5.75 Å². The summed E-state index contributed by atoms with van der Waals surface area (Å²) in [5.74, 6) is 0.839. The molecule has 2 aromatic rings. The van der Waals surface area contributed by atoms with E-state index in [2.05, 4.69) is 23.6 Å². The number of carbonyl (C=O) groups excluding carboxylic acids is 1. The van der Waals surface area contributed by atoms with Crippen LogP contribution in [0.4, 0.5) is 0 Å². The van der Waals surface area contributed by atoms with Crippen LogP contribution in [0.3, 0.4) is 0 Å². The summed E-state index contributed by atoms with van der Waals surface area (Å²) in [7, 11) is 1.67. The fraction of sp³-hybridized carbons (Fsp3) is 0.450. The zero-order chi connectivity index (χ0) is 18.2. The van der Waals surface area contributed by atoms with E-state index in [1.54, 1.807) is 14.0 Å². The standard InChI is InChI=1S/C20H27ClN2O2/c1-4-5-11-23(20(24)16(2)21)15-18-9-7-12-22(18)14-17-8-6-10-19(13-17)25-3/h6-10,12-13,16H,4-5,11,14-15H2,1-3H3. The topological polar surface area (TPSA) is 34.5 Å². The van der Waals surface area contributed by atoms with Gasteiger partial charge < -0.3 is 14.2 Å². The molecule has 0 radical (unpaired) electrons. The van der Waals surface area contributed by atoms with Gasteiger partial charge in [0.2, 0.25) is 5.91 Å². The first-order valence-electron chi connectivity index (χ1n) is 8.75. The molecular weight excluding hydrogens is 336 g/mol. The predicted molar refractivity (Wildman–Crippen MR) is 102 cm³/mol. The second kappa shape index (κ2) is 9.52. The molecule has 0 aliphatic rings. The number of hydrogen-bond donors (Lipinski definition) is 0. The molecular formula is C20H27ClN2O2. The number of ether oxygens (including phenoxy) is 1. The number of alkyl halides is 1. The van der Waals surface area contributed by atoms with E-state index in [1.807, 2.05) is 35.4 Å². The molecule has 0 saturated heterocycles. The summed E-state index contributed by atoms with van der Waals surface area (Å²) < 4.78 is 7.46. The first kappa shape index (κ1) is 19.4. The van der Waals surface area contributed by atoms with E-state index in [4.69, 9.17) is 16.3 Å². The Kier molecular flexibility index (Phi) is 7.38. The Labute approximate surface area is 155 Å². The Morgan fingerprint density at radius 2 is 2.12 bits per heavy atom. The van der Waals surface area contributed by atoms with Gasteiger partial charge in [0.05, 0.1) is 13.7 Å². The molecule has 2 rings (SSSR count). The van der Waals surface area contributed by atoms with Gasteiger partial charge in [-0.05, 0) is 43.2 Å². The van der Waals surface area contributed by atoms with Crippen molar-refractivity contribution in [2.75, 3.05) is 13.7 Å². The van der Waals surface area contributed by atoms with Crippen molar-refractivity contribution in [3.63, 3.8) is 0 Å². The van der Waals surface area contributed by atoms with Crippen LogP contribution in [-0.2, 0) is 17.9 Å². The Morgan fingerprint density at radius 1 is 1.32 bits per heavy atom. The Morgan fingerprint density at radius 3 is 2.80 bits per heavy atom. The SMILES string of the molecule is CCCCN(Cc1cccn1Cc1cccc(OC)c1)C(=O)C(C)Cl. The maximum absolute atomic E-state index is 12.4. The molecule has 0 saturated carbocycles. The van der Waals surface area contributed by atoms with Gasteiger partial charge >= 0.3 is 0 Å². The lowest BCUT2D eigenvalue weighted by Gasteiger charge is -2.24. The summed E-state index contributed by atoms with van der Waals surface area (Å²) in [4.78, 5) is 14.3. The van der Waals surface area contributed by atoms with Crippen LogP contribution in [0.5, 0.6) is 5.75 Å². The van der Waals surface area contributed by atoms with Gasteiger partial charge in [-0.2, -0.15) is 0 Å². The highest BCUT2D eigenvalue weighted by Crippen LogP contribution is 2.16. The Hall–Kier alpha value is -1.94. The molecule has 0 fully saturated rings. The number of rotatable bonds is 9.